The van der Waals surface area contributed by atoms with Gasteiger partial charge in [0.05, 0.1) is 16.0 Å². The van der Waals surface area contributed by atoms with Crippen LogP contribution in [0.25, 0.3) is 11.0 Å². The number of nitro groups is 1. The maximum absolute atomic E-state index is 10.8. The summed E-state index contributed by atoms with van der Waals surface area (Å²) in [7, 11) is 0. The molecular weight excluding hydrogens is 270 g/mol. The lowest BCUT2D eigenvalue weighted by atomic mass is 10.3. The van der Waals surface area contributed by atoms with Gasteiger partial charge in [-0.1, -0.05) is 0 Å². The third-order valence-electron chi connectivity index (χ3n) is 3.79. The van der Waals surface area contributed by atoms with Crippen LogP contribution in [0.1, 0.15) is 19.8 Å². The third kappa shape index (κ3) is 3.13. The van der Waals surface area contributed by atoms with E-state index < -0.39 is 4.92 Å². The summed E-state index contributed by atoms with van der Waals surface area (Å²) < 4.78 is 0. The molecule has 2 aromatic rings. The van der Waals surface area contributed by atoms with Crippen molar-refractivity contribution in [3.8, 4) is 0 Å². The number of hydrogen-bond acceptors (Lipinski definition) is 5. The third-order valence-corrected chi connectivity index (χ3v) is 3.79. The maximum atomic E-state index is 10.8. The number of aromatic nitrogens is 2. The molecule has 2 heterocycles. The molecule has 1 aromatic carbocycles. The molecule has 3 rings (SSSR count). The Morgan fingerprint density at radius 1 is 1.48 bits per heavy atom. The SMILES string of the molecule is CC(CN1CCCC1)Nc1nc2ccc([N+](=O)[O-])cc2[nH]1. The lowest BCUT2D eigenvalue weighted by Gasteiger charge is -2.20. The summed E-state index contributed by atoms with van der Waals surface area (Å²) in [6.45, 7) is 5.43. The van der Waals surface area contributed by atoms with Crippen molar-refractivity contribution >= 4 is 22.7 Å². The van der Waals surface area contributed by atoms with Crippen LogP contribution < -0.4 is 5.32 Å². The molecule has 2 N–H and O–H groups in total. The Hall–Kier alpha value is -2.15. The summed E-state index contributed by atoms with van der Waals surface area (Å²) in [5.41, 5.74) is 1.49. The first-order valence-corrected chi connectivity index (χ1v) is 7.25. The highest BCUT2D eigenvalue weighted by molar-refractivity contribution is 5.79. The van der Waals surface area contributed by atoms with E-state index in [1.807, 2.05) is 0 Å². The molecule has 1 fully saturated rings. The second-order valence-electron chi connectivity index (χ2n) is 5.60. The normalized spacial score (nSPS) is 17.2. The van der Waals surface area contributed by atoms with Crippen molar-refractivity contribution in [1.29, 1.82) is 0 Å². The molecule has 7 heteroatoms. The Labute approximate surface area is 122 Å². The monoisotopic (exact) mass is 289 g/mol. The average molecular weight is 289 g/mol. The molecule has 1 aromatic heterocycles. The second-order valence-corrected chi connectivity index (χ2v) is 5.60. The Balaban J connectivity index is 1.70. The van der Waals surface area contributed by atoms with E-state index in [9.17, 15) is 10.1 Å². The van der Waals surface area contributed by atoms with Gasteiger partial charge in [-0.05, 0) is 38.9 Å². The number of hydrogen-bond donors (Lipinski definition) is 2. The molecule has 0 aliphatic carbocycles. The largest absolute Gasteiger partial charge is 0.352 e. The molecule has 21 heavy (non-hydrogen) atoms. The smallest absolute Gasteiger partial charge is 0.271 e. The van der Waals surface area contributed by atoms with Gasteiger partial charge in [0.15, 0.2) is 0 Å². The number of benzene rings is 1. The highest BCUT2D eigenvalue weighted by atomic mass is 16.6. The van der Waals surface area contributed by atoms with Gasteiger partial charge in [0.1, 0.15) is 0 Å². The van der Waals surface area contributed by atoms with E-state index in [0.717, 1.165) is 12.1 Å². The fourth-order valence-electron chi connectivity index (χ4n) is 2.81. The zero-order valence-corrected chi connectivity index (χ0v) is 12.0. The molecular formula is C14H19N5O2. The summed E-state index contributed by atoms with van der Waals surface area (Å²) in [6.07, 6.45) is 2.56. The minimum Gasteiger partial charge on any atom is -0.352 e. The van der Waals surface area contributed by atoms with E-state index in [2.05, 4.69) is 27.1 Å². The molecule has 7 nitrogen and oxygen atoms in total. The number of aromatic amines is 1. The molecule has 112 valence electrons. The van der Waals surface area contributed by atoms with Gasteiger partial charge in [0.2, 0.25) is 5.95 Å². The van der Waals surface area contributed by atoms with Crippen LogP contribution in [0.2, 0.25) is 0 Å². The van der Waals surface area contributed by atoms with Crippen molar-refractivity contribution in [2.24, 2.45) is 0 Å². The Morgan fingerprint density at radius 2 is 2.24 bits per heavy atom. The number of H-pyrrole nitrogens is 1. The zero-order chi connectivity index (χ0) is 14.8. The predicted molar refractivity (Wildman–Crippen MR) is 81.5 cm³/mol. The topological polar surface area (TPSA) is 87.1 Å². The van der Waals surface area contributed by atoms with Gasteiger partial charge in [-0.25, -0.2) is 4.98 Å². The number of nitro benzene ring substituents is 1. The summed E-state index contributed by atoms with van der Waals surface area (Å²) in [6, 6.07) is 4.93. The fraction of sp³-hybridized carbons (Fsp3) is 0.500. The maximum Gasteiger partial charge on any atom is 0.271 e. The van der Waals surface area contributed by atoms with Crippen LogP contribution in [0.3, 0.4) is 0 Å². The Bertz CT molecular complexity index is 648. The first-order chi connectivity index (χ1) is 10.1. The highest BCUT2D eigenvalue weighted by Crippen LogP contribution is 2.21. The van der Waals surface area contributed by atoms with E-state index >= 15 is 0 Å². The van der Waals surface area contributed by atoms with Gasteiger partial charge in [-0.3, -0.25) is 10.1 Å². The van der Waals surface area contributed by atoms with Gasteiger partial charge in [0.25, 0.3) is 5.69 Å². The minimum atomic E-state index is -0.399. The summed E-state index contributed by atoms with van der Waals surface area (Å²) in [5.74, 6) is 0.664. The number of fused-ring (bicyclic) bond motifs is 1. The molecule has 0 saturated carbocycles. The van der Waals surface area contributed by atoms with E-state index in [1.54, 1.807) is 6.07 Å². The van der Waals surface area contributed by atoms with Crippen LogP contribution in [0.5, 0.6) is 0 Å². The number of nitrogens with one attached hydrogen (secondary N) is 2. The van der Waals surface area contributed by atoms with E-state index in [0.29, 0.717) is 11.5 Å². The number of rotatable bonds is 5. The number of imidazole rings is 1. The lowest BCUT2D eigenvalue weighted by Crippen LogP contribution is -2.33. The molecule has 0 amide bonds. The Kier molecular flexibility index (Phi) is 3.74. The molecule has 1 unspecified atom stereocenters. The van der Waals surface area contributed by atoms with Gasteiger partial charge >= 0.3 is 0 Å². The Morgan fingerprint density at radius 3 is 2.95 bits per heavy atom. The van der Waals surface area contributed by atoms with E-state index in [1.165, 1.54) is 38.1 Å². The molecule has 0 radical (unpaired) electrons. The molecule has 1 aliphatic rings. The minimum absolute atomic E-state index is 0.0721. The standard InChI is InChI=1S/C14H19N5O2/c1-10(9-18-6-2-3-7-18)15-14-16-12-5-4-11(19(20)21)8-13(12)17-14/h4-5,8,10H,2-3,6-7,9H2,1H3,(H2,15,16,17). The first-order valence-electron chi connectivity index (χ1n) is 7.25. The second kappa shape index (κ2) is 5.69. The zero-order valence-electron chi connectivity index (χ0n) is 12.0. The number of non-ortho nitro benzene ring substituents is 1. The highest BCUT2D eigenvalue weighted by Gasteiger charge is 2.16. The van der Waals surface area contributed by atoms with Crippen molar-refractivity contribution in [3.05, 3.63) is 28.3 Å². The molecule has 0 spiro atoms. The molecule has 1 saturated heterocycles. The van der Waals surface area contributed by atoms with E-state index in [-0.39, 0.29) is 11.7 Å². The van der Waals surface area contributed by atoms with Crippen LogP contribution in [0.15, 0.2) is 18.2 Å². The summed E-state index contributed by atoms with van der Waals surface area (Å²) in [4.78, 5) is 20.3. The first kappa shape index (κ1) is 13.8. The van der Waals surface area contributed by atoms with Crippen molar-refractivity contribution in [2.45, 2.75) is 25.8 Å². The number of anilines is 1. The predicted octanol–water partition coefficient (Wildman–Crippen LogP) is 2.37. The lowest BCUT2D eigenvalue weighted by molar-refractivity contribution is -0.384. The summed E-state index contributed by atoms with van der Waals surface area (Å²) >= 11 is 0. The number of likely N-dealkylation sites (tertiary alicyclic amines) is 1. The van der Waals surface area contributed by atoms with Crippen molar-refractivity contribution in [2.75, 3.05) is 25.0 Å². The summed E-state index contributed by atoms with van der Waals surface area (Å²) in [5, 5.41) is 14.1. The number of nitrogens with zero attached hydrogens (tertiary/aromatic N) is 3. The van der Waals surface area contributed by atoms with Crippen molar-refractivity contribution < 1.29 is 4.92 Å². The molecule has 1 atom stereocenters. The van der Waals surface area contributed by atoms with Crippen LogP contribution in [0.4, 0.5) is 11.6 Å². The van der Waals surface area contributed by atoms with Gasteiger partial charge in [0, 0.05) is 24.7 Å². The van der Waals surface area contributed by atoms with Crippen LogP contribution in [-0.2, 0) is 0 Å². The molecule has 0 bridgehead atoms. The van der Waals surface area contributed by atoms with Crippen LogP contribution in [0, 0.1) is 10.1 Å². The quantitative estimate of drug-likeness (QED) is 0.651. The van der Waals surface area contributed by atoms with Crippen LogP contribution >= 0.6 is 0 Å². The van der Waals surface area contributed by atoms with Crippen molar-refractivity contribution in [1.82, 2.24) is 14.9 Å². The van der Waals surface area contributed by atoms with Gasteiger partial charge < -0.3 is 15.2 Å². The van der Waals surface area contributed by atoms with Crippen LogP contribution in [-0.4, -0.2) is 45.5 Å². The molecule has 1 aliphatic heterocycles. The average Bonchev–Trinajstić information content (AvgIpc) is 3.05. The van der Waals surface area contributed by atoms with E-state index in [4.69, 9.17) is 0 Å². The fourth-order valence-corrected chi connectivity index (χ4v) is 2.81. The van der Waals surface area contributed by atoms with Crippen molar-refractivity contribution in [3.63, 3.8) is 0 Å². The van der Waals surface area contributed by atoms with Gasteiger partial charge in [-0.2, -0.15) is 0 Å². The van der Waals surface area contributed by atoms with Gasteiger partial charge in [-0.15, -0.1) is 0 Å².